The molecule has 8 heteroatoms. The molecule has 3 atom stereocenters. The van der Waals surface area contributed by atoms with Crippen molar-refractivity contribution < 1.29 is 19.0 Å². The number of hydrogen-bond acceptors (Lipinski definition) is 6. The van der Waals surface area contributed by atoms with Crippen LogP contribution in [0.15, 0.2) is 42.5 Å². The molecule has 3 heterocycles. The fourth-order valence-corrected chi connectivity index (χ4v) is 5.10. The van der Waals surface area contributed by atoms with E-state index in [1.54, 1.807) is 11.0 Å². The first-order valence-electron chi connectivity index (χ1n) is 10.0. The van der Waals surface area contributed by atoms with Crippen LogP contribution in [0.3, 0.4) is 0 Å². The molecule has 0 N–H and O–H groups in total. The molecule has 3 unspecified atom stereocenters. The molecule has 0 radical (unpaired) electrons. The van der Waals surface area contributed by atoms with E-state index in [4.69, 9.17) is 25.8 Å². The van der Waals surface area contributed by atoms with Gasteiger partial charge in [-0.3, -0.25) is 9.69 Å². The highest BCUT2D eigenvalue weighted by Crippen LogP contribution is 2.37. The van der Waals surface area contributed by atoms with Gasteiger partial charge in [-0.25, -0.2) is 4.98 Å². The van der Waals surface area contributed by atoms with Gasteiger partial charge in [-0.05, 0) is 44.0 Å². The van der Waals surface area contributed by atoms with Crippen LogP contribution in [0.2, 0.25) is 5.02 Å². The molecule has 0 spiro atoms. The molecule has 1 amide bonds. The number of amides is 1. The van der Waals surface area contributed by atoms with E-state index in [2.05, 4.69) is 4.98 Å². The Morgan fingerprint density at radius 1 is 1.20 bits per heavy atom. The van der Waals surface area contributed by atoms with E-state index in [1.165, 1.54) is 11.3 Å². The van der Waals surface area contributed by atoms with Crippen LogP contribution in [0.25, 0.3) is 10.2 Å². The first-order chi connectivity index (χ1) is 14.6. The molecule has 1 aromatic heterocycles. The zero-order valence-corrected chi connectivity index (χ0v) is 18.0. The first kappa shape index (κ1) is 19.6. The van der Waals surface area contributed by atoms with Crippen molar-refractivity contribution in [1.29, 1.82) is 0 Å². The highest BCUT2D eigenvalue weighted by atomic mass is 35.5. The predicted molar refractivity (Wildman–Crippen MR) is 117 cm³/mol. The molecule has 2 aliphatic heterocycles. The second-order valence-corrected chi connectivity index (χ2v) is 8.89. The maximum absolute atomic E-state index is 13.7. The number of anilines is 1. The summed E-state index contributed by atoms with van der Waals surface area (Å²) in [5.74, 6) is 1.02. The first-order valence-corrected chi connectivity index (χ1v) is 11.2. The predicted octanol–water partition coefficient (Wildman–Crippen LogP) is 4.69. The molecule has 0 saturated carbocycles. The van der Waals surface area contributed by atoms with E-state index >= 15 is 0 Å². The third kappa shape index (κ3) is 3.62. The molecule has 1 fully saturated rings. The molecule has 3 aromatic rings. The summed E-state index contributed by atoms with van der Waals surface area (Å²) in [5.41, 5.74) is 0.698. The van der Waals surface area contributed by atoms with Gasteiger partial charge in [0.15, 0.2) is 16.6 Å². The minimum atomic E-state index is -0.774. The van der Waals surface area contributed by atoms with Crippen molar-refractivity contribution in [2.75, 3.05) is 18.1 Å². The van der Waals surface area contributed by atoms with Crippen LogP contribution in [0, 0.1) is 0 Å². The second kappa shape index (κ2) is 8.06. The van der Waals surface area contributed by atoms with Gasteiger partial charge in [-0.15, -0.1) is 0 Å². The van der Waals surface area contributed by atoms with Gasteiger partial charge in [0, 0.05) is 6.61 Å². The van der Waals surface area contributed by atoms with Crippen LogP contribution >= 0.6 is 22.9 Å². The van der Waals surface area contributed by atoms with Crippen LogP contribution in [0.5, 0.6) is 11.5 Å². The number of nitrogens with zero attached hydrogens (tertiary/aromatic N) is 2. The summed E-state index contributed by atoms with van der Waals surface area (Å²) in [6.07, 6.45) is 0.672. The Kier molecular flexibility index (Phi) is 5.26. The largest absolute Gasteiger partial charge is 0.482 e. The number of halogens is 1. The standard InChI is InChI=1S/C22H21ClN2O4S/c1-13-20(29-17-9-3-2-8-16(17)28-13)21(26)25(12-14-6-5-11-27-14)22-24-19-15(23)7-4-10-18(19)30-22/h2-4,7-10,13-14,20H,5-6,11-12H2,1H3. The number of aromatic nitrogens is 1. The van der Waals surface area contributed by atoms with Crippen molar-refractivity contribution >= 4 is 44.2 Å². The van der Waals surface area contributed by atoms with Crippen molar-refractivity contribution in [3.8, 4) is 11.5 Å². The number of para-hydroxylation sites is 3. The maximum Gasteiger partial charge on any atom is 0.273 e. The van der Waals surface area contributed by atoms with Crippen LogP contribution in [-0.2, 0) is 9.53 Å². The van der Waals surface area contributed by atoms with Crippen molar-refractivity contribution in [3.05, 3.63) is 47.5 Å². The summed E-state index contributed by atoms with van der Waals surface area (Å²) in [5, 5.41) is 1.16. The lowest BCUT2D eigenvalue weighted by atomic mass is 10.1. The van der Waals surface area contributed by atoms with Crippen LogP contribution in [0.1, 0.15) is 19.8 Å². The number of fused-ring (bicyclic) bond motifs is 2. The molecular formula is C22H21ClN2O4S. The van der Waals surface area contributed by atoms with Gasteiger partial charge < -0.3 is 14.2 Å². The van der Waals surface area contributed by atoms with Gasteiger partial charge in [-0.2, -0.15) is 0 Å². The summed E-state index contributed by atoms with van der Waals surface area (Å²) in [4.78, 5) is 20.0. The summed E-state index contributed by atoms with van der Waals surface area (Å²) in [6.45, 7) is 2.98. The molecule has 2 aliphatic rings. The van der Waals surface area contributed by atoms with E-state index in [0.717, 1.165) is 17.5 Å². The van der Waals surface area contributed by atoms with E-state index in [9.17, 15) is 4.79 Å². The fraction of sp³-hybridized carbons (Fsp3) is 0.364. The van der Waals surface area contributed by atoms with Gasteiger partial charge in [0.25, 0.3) is 5.91 Å². The number of hydrogen-bond donors (Lipinski definition) is 0. The van der Waals surface area contributed by atoms with Gasteiger partial charge in [0.05, 0.1) is 22.4 Å². The van der Waals surface area contributed by atoms with Crippen LogP contribution in [-0.4, -0.2) is 42.4 Å². The van der Waals surface area contributed by atoms with Gasteiger partial charge in [0.2, 0.25) is 6.10 Å². The lowest BCUT2D eigenvalue weighted by Crippen LogP contribution is -2.52. The van der Waals surface area contributed by atoms with Gasteiger partial charge in [-0.1, -0.05) is 41.1 Å². The zero-order valence-electron chi connectivity index (χ0n) is 16.4. The quantitative estimate of drug-likeness (QED) is 0.584. The van der Waals surface area contributed by atoms with E-state index in [-0.39, 0.29) is 12.0 Å². The number of thiazole rings is 1. The molecule has 0 aliphatic carbocycles. The zero-order chi connectivity index (χ0) is 20.7. The fourth-order valence-electron chi connectivity index (χ4n) is 3.82. The Bertz CT molecular complexity index is 1080. The summed E-state index contributed by atoms with van der Waals surface area (Å²) < 4.78 is 18.8. The van der Waals surface area contributed by atoms with Crippen LogP contribution in [0.4, 0.5) is 5.13 Å². The van der Waals surface area contributed by atoms with E-state index in [1.807, 2.05) is 43.3 Å². The topological polar surface area (TPSA) is 60.9 Å². The molecule has 156 valence electrons. The van der Waals surface area contributed by atoms with Crippen molar-refractivity contribution in [2.24, 2.45) is 0 Å². The smallest absolute Gasteiger partial charge is 0.273 e. The Morgan fingerprint density at radius 3 is 2.73 bits per heavy atom. The molecule has 0 bridgehead atoms. The monoisotopic (exact) mass is 444 g/mol. The highest BCUT2D eigenvalue weighted by molar-refractivity contribution is 7.22. The van der Waals surface area contributed by atoms with E-state index in [0.29, 0.717) is 40.3 Å². The van der Waals surface area contributed by atoms with E-state index < -0.39 is 12.2 Å². The normalized spacial score (nSPS) is 22.9. The Balaban J connectivity index is 1.49. The Labute approximate surface area is 183 Å². The molecular weight excluding hydrogens is 424 g/mol. The lowest BCUT2D eigenvalue weighted by molar-refractivity contribution is -0.131. The summed E-state index contributed by atoms with van der Waals surface area (Å²) in [7, 11) is 0. The SMILES string of the molecule is CC1Oc2ccccc2OC1C(=O)N(CC1CCCO1)c1nc2c(Cl)cccc2s1. The molecule has 2 aromatic carbocycles. The lowest BCUT2D eigenvalue weighted by Gasteiger charge is -2.34. The minimum absolute atomic E-state index is 0.0245. The third-order valence-corrected chi connectivity index (χ3v) is 6.70. The molecule has 1 saturated heterocycles. The number of rotatable bonds is 4. The number of benzene rings is 2. The maximum atomic E-state index is 13.7. The third-order valence-electron chi connectivity index (χ3n) is 5.35. The van der Waals surface area contributed by atoms with Crippen LogP contribution < -0.4 is 14.4 Å². The number of ether oxygens (including phenoxy) is 3. The summed E-state index contributed by atoms with van der Waals surface area (Å²) >= 11 is 7.76. The van der Waals surface area contributed by atoms with Gasteiger partial charge >= 0.3 is 0 Å². The van der Waals surface area contributed by atoms with Crippen molar-refractivity contribution in [1.82, 2.24) is 4.98 Å². The Hall–Kier alpha value is -2.35. The molecule has 30 heavy (non-hydrogen) atoms. The Morgan fingerprint density at radius 2 is 2.00 bits per heavy atom. The average molecular weight is 445 g/mol. The second-order valence-electron chi connectivity index (χ2n) is 7.48. The molecule has 5 rings (SSSR count). The van der Waals surface area contributed by atoms with Gasteiger partial charge in [0.1, 0.15) is 11.6 Å². The molecule has 6 nitrogen and oxygen atoms in total. The average Bonchev–Trinajstić information content (AvgIpc) is 3.41. The highest BCUT2D eigenvalue weighted by Gasteiger charge is 2.39. The number of carbonyl (C=O) groups excluding carboxylic acids is 1. The van der Waals surface area contributed by atoms with Crippen molar-refractivity contribution in [2.45, 2.75) is 38.1 Å². The van der Waals surface area contributed by atoms with Crippen molar-refractivity contribution in [3.63, 3.8) is 0 Å². The minimum Gasteiger partial charge on any atom is -0.482 e. The summed E-state index contributed by atoms with van der Waals surface area (Å²) in [6, 6.07) is 13.0. The number of carbonyl (C=O) groups is 1.